The summed E-state index contributed by atoms with van der Waals surface area (Å²) in [6.07, 6.45) is 3.61. The summed E-state index contributed by atoms with van der Waals surface area (Å²) in [5, 5.41) is 26.4. The largest absolute Gasteiger partial charge is 0.507 e. The summed E-state index contributed by atoms with van der Waals surface area (Å²) in [4.78, 5) is 19.1. The topological polar surface area (TPSA) is 89.3 Å². The van der Waals surface area contributed by atoms with Crippen molar-refractivity contribution in [3.63, 3.8) is 0 Å². The number of nitrogens with zero attached hydrogens (tertiary/aromatic N) is 4. The lowest BCUT2D eigenvalue weighted by molar-refractivity contribution is -0.132. The summed E-state index contributed by atoms with van der Waals surface area (Å²) in [7, 11) is 1.71. The van der Waals surface area contributed by atoms with Crippen molar-refractivity contribution in [2.24, 2.45) is 5.10 Å². The van der Waals surface area contributed by atoms with E-state index in [1.54, 1.807) is 23.2 Å². The number of fused-ring (bicyclic) bond motifs is 3. The molecule has 0 bridgehead atoms. The van der Waals surface area contributed by atoms with Crippen molar-refractivity contribution in [2.45, 2.75) is 30.9 Å². The van der Waals surface area contributed by atoms with E-state index in [4.69, 9.17) is 4.98 Å². The van der Waals surface area contributed by atoms with Crippen LogP contribution < -0.4 is 0 Å². The first-order valence-electron chi connectivity index (χ1n) is 9.78. The molecule has 0 spiro atoms. The Morgan fingerprint density at radius 3 is 2.72 bits per heavy atom. The molecule has 2 aliphatic heterocycles. The number of pyridine rings is 1. The van der Waals surface area contributed by atoms with Crippen molar-refractivity contribution in [3.8, 4) is 0 Å². The molecule has 2 aromatic rings. The van der Waals surface area contributed by atoms with Crippen LogP contribution in [0.5, 0.6) is 0 Å². The predicted octanol–water partition coefficient (Wildman–Crippen LogP) is 1.58. The van der Waals surface area contributed by atoms with Crippen molar-refractivity contribution < 1.29 is 15.0 Å². The third-order valence-corrected chi connectivity index (χ3v) is 6.07. The number of benzene rings is 1. The summed E-state index contributed by atoms with van der Waals surface area (Å²) in [6.45, 7) is 0.429. The standard InChI is InChI=1S/C22H22N4O3/c1-25-12-16(26-20(22(25)29)21(28)17(27)11-24-26)18-15-7-3-2-5-13(15)8-9-14-6-4-10-23-19(14)18/h2-7,10-11,16-18,27-28H,8-9,12H2,1H3. The van der Waals surface area contributed by atoms with Gasteiger partial charge in [0.2, 0.25) is 0 Å². The van der Waals surface area contributed by atoms with Gasteiger partial charge >= 0.3 is 0 Å². The highest BCUT2D eigenvalue weighted by atomic mass is 16.3. The molecule has 1 aromatic carbocycles. The van der Waals surface area contributed by atoms with E-state index in [0.717, 1.165) is 24.1 Å². The van der Waals surface area contributed by atoms with Crippen LogP contribution in [0.25, 0.3) is 0 Å². The van der Waals surface area contributed by atoms with E-state index in [2.05, 4.69) is 23.3 Å². The fraction of sp³-hybridized carbons (Fsp3) is 0.318. The van der Waals surface area contributed by atoms with E-state index in [-0.39, 0.29) is 29.3 Å². The van der Waals surface area contributed by atoms with Crippen LogP contribution in [0.2, 0.25) is 0 Å². The van der Waals surface area contributed by atoms with Crippen molar-refractivity contribution in [3.05, 3.63) is 76.4 Å². The van der Waals surface area contributed by atoms with Gasteiger partial charge in [-0.1, -0.05) is 30.3 Å². The average molecular weight is 390 g/mol. The number of aliphatic hydroxyl groups is 2. The molecule has 5 rings (SSSR count). The van der Waals surface area contributed by atoms with Gasteiger partial charge in [0, 0.05) is 19.8 Å². The Morgan fingerprint density at radius 2 is 1.86 bits per heavy atom. The van der Waals surface area contributed by atoms with Crippen LogP contribution in [0.15, 0.2) is 59.2 Å². The molecule has 0 saturated carbocycles. The first-order valence-corrected chi connectivity index (χ1v) is 9.78. The van der Waals surface area contributed by atoms with Crippen LogP contribution >= 0.6 is 0 Å². The molecule has 7 nitrogen and oxygen atoms in total. The maximum Gasteiger partial charge on any atom is 0.275 e. The minimum Gasteiger partial charge on any atom is -0.507 e. The summed E-state index contributed by atoms with van der Waals surface area (Å²) in [5.74, 6) is -0.835. The first-order chi connectivity index (χ1) is 14.1. The van der Waals surface area contributed by atoms with Gasteiger partial charge < -0.3 is 15.1 Å². The highest BCUT2D eigenvalue weighted by Crippen LogP contribution is 2.41. The lowest BCUT2D eigenvalue weighted by atomic mass is 9.83. The van der Waals surface area contributed by atoms with E-state index in [0.29, 0.717) is 6.54 Å². The number of amides is 1. The zero-order valence-electron chi connectivity index (χ0n) is 16.1. The number of rotatable bonds is 1. The Labute approximate surface area is 168 Å². The molecule has 3 heterocycles. The quantitative estimate of drug-likeness (QED) is 0.772. The van der Waals surface area contributed by atoms with E-state index in [1.807, 2.05) is 18.2 Å². The molecular weight excluding hydrogens is 368 g/mol. The van der Waals surface area contributed by atoms with Crippen LogP contribution in [0.1, 0.15) is 28.3 Å². The highest BCUT2D eigenvalue weighted by molar-refractivity contribution is 5.96. The second kappa shape index (κ2) is 6.70. The molecule has 0 radical (unpaired) electrons. The maximum absolute atomic E-state index is 12.8. The molecule has 1 aromatic heterocycles. The molecule has 1 fully saturated rings. The Bertz CT molecular complexity index is 1000. The zero-order valence-corrected chi connectivity index (χ0v) is 16.1. The van der Waals surface area contributed by atoms with Gasteiger partial charge in [0.15, 0.2) is 11.5 Å². The van der Waals surface area contributed by atoms with E-state index < -0.39 is 6.10 Å². The van der Waals surface area contributed by atoms with Crippen LogP contribution in [0.4, 0.5) is 0 Å². The zero-order chi connectivity index (χ0) is 20.1. The smallest absolute Gasteiger partial charge is 0.275 e. The molecule has 7 heteroatoms. The number of likely N-dealkylation sites (N-methyl/N-ethyl adjacent to an activating group) is 1. The molecule has 3 atom stereocenters. The molecule has 1 amide bonds. The molecule has 3 aliphatic rings. The van der Waals surface area contributed by atoms with Crippen molar-refractivity contribution >= 4 is 12.1 Å². The van der Waals surface area contributed by atoms with Gasteiger partial charge in [-0.15, -0.1) is 0 Å². The van der Waals surface area contributed by atoms with E-state index in [9.17, 15) is 15.0 Å². The fourth-order valence-corrected chi connectivity index (χ4v) is 4.66. The number of hydrogen-bond acceptors (Lipinski definition) is 6. The monoisotopic (exact) mass is 390 g/mol. The number of piperazine rings is 1. The summed E-state index contributed by atoms with van der Waals surface area (Å²) >= 11 is 0. The minimum atomic E-state index is -1.27. The fourth-order valence-electron chi connectivity index (χ4n) is 4.66. The highest BCUT2D eigenvalue weighted by Gasteiger charge is 2.45. The number of hydrogen-bond donors (Lipinski definition) is 2. The molecule has 1 saturated heterocycles. The predicted molar refractivity (Wildman–Crippen MR) is 107 cm³/mol. The van der Waals surface area contributed by atoms with Crippen LogP contribution in [-0.2, 0) is 17.6 Å². The minimum absolute atomic E-state index is 0.0398. The van der Waals surface area contributed by atoms with Gasteiger partial charge in [-0.05, 0) is 35.6 Å². The number of aromatic nitrogens is 1. The molecule has 2 N–H and O–H groups in total. The third-order valence-electron chi connectivity index (χ3n) is 6.07. The summed E-state index contributed by atoms with van der Waals surface area (Å²) < 4.78 is 0. The van der Waals surface area contributed by atoms with Gasteiger partial charge in [-0.3, -0.25) is 14.8 Å². The normalized spacial score (nSPS) is 26.0. The van der Waals surface area contributed by atoms with Crippen molar-refractivity contribution in [1.82, 2.24) is 14.9 Å². The Balaban J connectivity index is 1.71. The van der Waals surface area contributed by atoms with E-state index in [1.165, 1.54) is 17.3 Å². The number of aliphatic hydroxyl groups excluding tert-OH is 2. The molecular formula is C22H22N4O3. The Kier molecular flexibility index (Phi) is 4.13. The first kappa shape index (κ1) is 17.9. The maximum atomic E-state index is 12.8. The molecule has 29 heavy (non-hydrogen) atoms. The van der Waals surface area contributed by atoms with Gasteiger partial charge in [0.25, 0.3) is 5.91 Å². The average Bonchev–Trinajstić information content (AvgIpc) is 2.90. The second-order valence-corrected chi connectivity index (χ2v) is 7.77. The number of aryl methyl sites for hydroxylation is 2. The summed E-state index contributed by atoms with van der Waals surface area (Å²) in [6, 6.07) is 12.1. The van der Waals surface area contributed by atoms with Gasteiger partial charge in [0.05, 0.1) is 23.9 Å². The molecule has 1 aliphatic carbocycles. The Morgan fingerprint density at radius 1 is 1.10 bits per heavy atom. The SMILES string of the molecule is CN1CC(C2c3ccccc3CCc3cccnc32)N2N=CC(O)C(O)=C2C1=O. The Hall–Kier alpha value is -3.19. The molecule has 3 unspecified atom stereocenters. The number of carbonyl (C=O) groups is 1. The van der Waals surface area contributed by atoms with Gasteiger partial charge in [-0.2, -0.15) is 5.10 Å². The molecule has 148 valence electrons. The van der Waals surface area contributed by atoms with Crippen molar-refractivity contribution in [2.75, 3.05) is 13.6 Å². The third kappa shape index (κ3) is 2.73. The summed E-state index contributed by atoms with van der Waals surface area (Å²) in [5.41, 5.74) is 4.62. The van der Waals surface area contributed by atoms with Crippen LogP contribution in [0, 0.1) is 0 Å². The lowest BCUT2D eigenvalue weighted by Gasteiger charge is -2.44. The van der Waals surface area contributed by atoms with Crippen LogP contribution in [0.3, 0.4) is 0 Å². The second-order valence-electron chi connectivity index (χ2n) is 7.77. The van der Waals surface area contributed by atoms with Crippen molar-refractivity contribution in [1.29, 1.82) is 0 Å². The van der Waals surface area contributed by atoms with Gasteiger partial charge in [-0.25, -0.2) is 0 Å². The number of hydrazone groups is 1. The lowest BCUT2D eigenvalue weighted by Crippen LogP contribution is -2.56. The van der Waals surface area contributed by atoms with Crippen LogP contribution in [-0.4, -0.2) is 63.0 Å². The van der Waals surface area contributed by atoms with Gasteiger partial charge in [0.1, 0.15) is 6.10 Å². The number of carbonyl (C=O) groups excluding carboxylic acids is 1. The van der Waals surface area contributed by atoms with E-state index >= 15 is 0 Å².